The van der Waals surface area contributed by atoms with E-state index in [9.17, 15) is 16.8 Å². The van der Waals surface area contributed by atoms with Crippen LogP contribution in [0.25, 0.3) is 0 Å². The van der Waals surface area contributed by atoms with E-state index in [0.29, 0.717) is 29.4 Å². The van der Waals surface area contributed by atoms with Crippen molar-refractivity contribution in [3.05, 3.63) is 58.1 Å². The molecule has 0 amide bonds. The highest BCUT2D eigenvalue weighted by atomic mass is 35.5. The Morgan fingerprint density at radius 1 is 0.967 bits per heavy atom. The van der Waals surface area contributed by atoms with E-state index in [2.05, 4.69) is 4.72 Å². The molecule has 0 radical (unpaired) electrons. The third-order valence-corrected chi connectivity index (χ3v) is 8.41. The summed E-state index contributed by atoms with van der Waals surface area (Å²) in [6, 6.07) is 10.7. The number of hydrogen-bond donors (Lipinski definition) is 1. The summed E-state index contributed by atoms with van der Waals surface area (Å²) in [6.07, 6.45) is 1.75. The van der Waals surface area contributed by atoms with Gasteiger partial charge in [-0.1, -0.05) is 29.3 Å². The first kappa shape index (κ1) is 23.3. The van der Waals surface area contributed by atoms with E-state index in [0.717, 1.165) is 12.8 Å². The van der Waals surface area contributed by atoms with Crippen molar-refractivity contribution in [2.45, 2.75) is 23.5 Å². The highest BCUT2D eigenvalue weighted by molar-refractivity contribution is 7.89. The van der Waals surface area contributed by atoms with Gasteiger partial charge < -0.3 is 4.74 Å². The van der Waals surface area contributed by atoms with E-state index >= 15 is 0 Å². The topological polar surface area (TPSA) is 92.8 Å². The zero-order valence-corrected chi connectivity index (χ0v) is 19.2. The molecule has 0 unspecified atom stereocenters. The van der Waals surface area contributed by atoms with E-state index in [4.69, 9.17) is 27.9 Å². The Hall–Kier alpha value is -1.36. The lowest BCUT2D eigenvalue weighted by atomic mass is 10.2. The maximum Gasteiger partial charge on any atom is 0.243 e. The minimum absolute atomic E-state index is 0.0569. The van der Waals surface area contributed by atoms with Crippen molar-refractivity contribution in [1.82, 2.24) is 9.03 Å². The monoisotopic (exact) mass is 492 g/mol. The number of rotatable bonds is 9. The molecular formula is C19H22Cl2N2O5S2. The zero-order valence-electron chi connectivity index (χ0n) is 16.1. The number of halogens is 2. The summed E-state index contributed by atoms with van der Waals surface area (Å²) >= 11 is 11.8. The lowest BCUT2D eigenvalue weighted by molar-refractivity contribution is 0.322. The minimum atomic E-state index is -3.60. The molecule has 0 saturated carbocycles. The fraction of sp³-hybridized carbons (Fsp3) is 0.368. The average Bonchev–Trinajstić information content (AvgIpc) is 3.24. The van der Waals surface area contributed by atoms with Crippen LogP contribution in [-0.4, -0.2) is 47.4 Å². The minimum Gasteiger partial charge on any atom is -0.492 e. The van der Waals surface area contributed by atoms with Gasteiger partial charge in [-0.25, -0.2) is 21.6 Å². The van der Waals surface area contributed by atoms with Gasteiger partial charge in [-0.2, -0.15) is 4.31 Å². The lowest BCUT2D eigenvalue weighted by Gasteiger charge is -2.15. The summed E-state index contributed by atoms with van der Waals surface area (Å²) in [4.78, 5) is 0.220. The molecule has 0 atom stereocenters. The van der Waals surface area contributed by atoms with E-state index in [1.807, 2.05) is 0 Å². The third kappa shape index (κ3) is 6.09. The summed E-state index contributed by atoms with van der Waals surface area (Å²) < 4.78 is 58.8. The normalized spacial score (nSPS) is 15.4. The Morgan fingerprint density at radius 3 is 2.27 bits per heavy atom. The predicted octanol–water partition coefficient (Wildman–Crippen LogP) is 3.28. The van der Waals surface area contributed by atoms with Crippen LogP contribution in [-0.2, 0) is 25.8 Å². The maximum atomic E-state index is 12.5. The first-order valence-corrected chi connectivity index (χ1v) is 13.2. The van der Waals surface area contributed by atoms with Gasteiger partial charge in [0.25, 0.3) is 0 Å². The maximum absolute atomic E-state index is 12.5. The average molecular weight is 493 g/mol. The number of ether oxygens (including phenoxy) is 1. The van der Waals surface area contributed by atoms with E-state index in [1.165, 1.54) is 22.5 Å². The Kier molecular flexibility index (Phi) is 7.65. The van der Waals surface area contributed by atoms with Crippen LogP contribution in [0.3, 0.4) is 0 Å². The molecule has 3 rings (SSSR count). The molecule has 11 heteroatoms. The molecule has 0 bridgehead atoms. The molecule has 2 aromatic rings. The standard InChI is InChI=1S/C19H22Cl2N2O5S2/c20-16-4-3-15(19(21)13-16)14-29(24,25)22-9-12-28-17-5-7-18(8-6-17)30(26,27)23-10-1-2-11-23/h3-8,13,22H,1-2,9-12,14H2. The van der Waals surface area contributed by atoms with Gasteiger partial charge in [0.05, 0.1) is 10.6 Å². The van der Waals surface area contributed by atoms with E-state index < -0.39 is 20.0 Å². The number of benzene rings is 2. The molecule has 1 aliphatic heterocycles. The molecule has 0 aliphatic carbocycles. The van der Waals surface area contributed by atoms with Crippen molar-refractivity contribution < 1.29 is 21.6 Å². The first-order chi connectivity index (χ1) is 14.2. The van der Waals surface area contributed by atoms with Crippen LogP contribution in [0.1, 0.15) is 18.4 Å². The smallest absolute Gasteiger partial charge is 0.243 e. The van der Waals surface area contributed by atoms with Gasteiger partial charge in [0.1, 0.15) is 12.4 Å². The molecule has 164 valence electrons. The number of nitrogens with one attached hydrogen (secondary N) is 1. The van der Waals surface area contributed by atoms with Gasteiger partial charge >= 0.3 is 0 Å². The highest BCUT2D eigenvalue weighted by Crippen LogP contribution is 2.24. The van der Waals surface area contributed by atoms with Crippen LogP contribution in [0.15, 0.2) is 47.4 Å². The van der Waals surface area contributed by atoms with Gasteiger partial charge in [-0.15, -0.1) is 0 Å². The van der Waals surface area contributed by atoms with Crippen molar-refractivity contribution in [3.8, 4) is 5.75 Å². The van der Waals surface area contributed by atoms with Crippen LogP contribution in [0.2, 0.25) is 10.0 Å². The van der Waals surface area contributed by atoms with Crippen LogP contribution in [0, 0.1) is 0 Å². The zero-order chi connectivity index (χ0) is 21.8. The molecular weight excluding hydrogens is 471 g/mol. The van der Waals surface area contributed by atoms with Gasteiger partial charge in [0.2, 0.25) is 20.0 Å². The van der Waals surface area contributed by atoms with Crippen LogP contribution < -0.4 is 9.46 Å². The Morgan fingerprint density at radius 2 is 1.63 bits per heavy atom. The second-order valence-corrected chi connectivity index (χ2v) is 11.4. The summed E-state index contributed by atoms with van der Waals surface area (Å²) in [6.45, 7) is 1.23. The van der Waals surface area contributed by atoms with Crippen molar-refractivity contribution in [3.63, 3.8) is 0 Å². The molecule has 1 N–H and O–H groups in total. The second-order valence-electron chi connectivity index (χ2n) is 6.82. The predicted molar refractivity (Wildman–Crippen MR) is 117 cm³/mol. The largest absolute Gasteiger partial charge is 0.492 e. The molecule has 1 saturated heterocycles. The number of hydrogen-bond acceptors (Lipinski definition) is 5. The highest BCUT2D eigenvalue weighted by Gasteiger charge is 2.26. The molecule has 1 fully saturated rings. The molecule has 1 heterocycles. The third-order valence-electron chi connectivity index (χ3n) is 4.58. The lowest BCUT2D eigenvalue weighted by Crippen LogP contribution is -2.29. The van der Waals surface area contributed by atoms with Gasteiger partial charge in [0, 0.05) is 29.7 Å². The van der Waals surface area contributed by atoms with Crippen molar-refractivity contribution in [1.29, 1.82) is 0 Å². The Balaban J connectivity index is 1.49. The summed E-state index contributed by atoms with van der Waals surface area (Å²) in [5, 5.41) is 0.717. The van der Waals surface area contributed by atoms with Gasteiger partial charge in [-0.05, 0) is 54.8 Å². The number of nitrogens with zero attached hydrogens (tertiary/aromatic N) is 1. The summed E-state index contributed by atoms with van der Waals surface area (Å²) in [5.41, 5.74) is 0.448. The van der Waals surface area contributed by atoms with Crippen LogP contribution >= 0.6 is 23.2 Å². The second kappa shape index (κ2) is 9.84. The van der Waals surface area contributed by atoms with Gasteiger partial charge in [0.15, 0.2) is 0 Å². The Labute approximate surface area is 187 Å². The molecule has 0 spiro atoms. The molecule has 0 aromatic heterocycles. The molecule has 7 nitrogen and oxygen atoms in total. The van der Waals surface area contributed by atoms with Crippen molar-refractivity contribution in [2.75, 3.05) is 26.2 Å². The van der Waals surface area contributed by atoms with Crippen LogP contribution in [0.4, 0.5) is 0 Å². The summed E-state index contributed by atoms with van der Waals surface area (Å²) in [5.74, 6) is 0.182. The molecule has 1 aliphatic rings. The quantitative estimate of drug-likeness (QED) is 0.542. The van der Waals surface area contributed by atoms with Crippen molar-refractivity contribution >= 4 is 43.2 Å². The van der Waals surface area contributed by atoms with Crippen molar-refractivity contribution in [2.24, 2.45) is 0 Å². The SMILES string of the molecule is O=S(=O)(Cc1ccc(Cl)cc1Cl)NCCOc1ccc(S(=O)(=O)N2CCCC2)cc1. The van der Waals surface area contributed by atoms with E-state index in [-0.39, 0.29) is 28.8 Å². The van der Waals surface area contributed by atoms with E-state index in [1.54, 1.807) is 24.3 Å². The fourth-order valence-corrected chi connectivity index (χ4v) is 6.28. The first-order valence-electron chi connectivity index (χ1n) is 9.32. The number of sulfonamides is 2. The Bertz CT molecular complexity index is 1080. The molecule has 2 aromatic carbocycles. The molecule has 30 heavy (non-hydrogen) atoms. The van der Waals surface area contributed by atoms with Crippen LogP contribution in [0.5, 0.6) is 5.75 Å². The summed E-state index contributed by atoms with van der Waals surface area (Å²) in [7, 11) is -7.07. The van der Waals surface area contributed by atoms with Gasteiger partial charge in [-0.3, -0.25) is 0 Å². The fourth-order valence-electron chi connectivity index (χ4n) is 3.05.